The number of pyridine rings is 1. The maximum Gasteiger partial charge on any atom is 0.161 e. The lowest BCUT2D eigenvalue weighted by Crippen LogP contribution is -2.28. The largest absolute Gasteiger partial charge is 0.367 e. The number of carbonyl (C=O) groups is 1. The summed E-state index contributed by atoms with van der Waals surface area (Å²) in [5, 5.41) is 3.74. The van der Waals surface area contributed by atoms with Gasteiger partial charge in [0.05, 0.1) is 0 Å². The van der Waals surface area contributed by atoms with Crippen molar-refractivity contribution >= 4 is 11.6 Å². The van der Waals surface area contributed by atoms with Gasteiger partial charge in [-0.2, -0.15) is 0 Å². The quantitative estimate of drug-likeness (QED) is 0.859. The average Bonchev–Trinajstić information content (AvgIpc) is 3.10. The first-order valence-corrected chi connectivity index (χ1v) is 8.50. The number of hydrogen-bond acceptors (Lipinski definition) is 3. The van der Waals surface area contributed by atoms with Gasteiger partial charge < -0.3 is 5.32 Å². The van der Waals surface area contributed by atoms with Crippen molar-refractivity contribution in [1.29, 1.82) is 0 Å². The summed E-state index contributed by atoms with van der Waals surface area (Å²) in [5.74, 6) is 3.03. The first-order chi connectivity index (χ1) is 10.2. The number of nitrogens with one attached hydrogen (secondary N) is 1. The van der Waals surface area contributed by atoms with Crippen molar-refractivity contribution in [2.45, 2.75) is 64.3 Å². The van der Waals surface area contributed by atoms with E-state index < -0.39 is 0 Å². The molecule has 0 aliphatic heterocycles. The van der Waals surface area contributed by atoms with E-state index in [1.807, 2.05) is 6.20 Å². The highest BCUT2D eigenvalue weighted by Gasteiger charge is 2.40. The lowest BCUT2D eigenvalue weighted by atomic mass is 9.87. The second kappa shape index (κ2) is 5.11. The molecule has 21 heavy (non-hydrogen) atoms. The third-order valence-corrected chi connectivity index (χ3v) is 5.84. The van der Waals surface area contributed by atoms with Crippen molar-refractivity contribution in [1.82, 2.24) is 4.98 Å². The number of carbonyl (C=O) groups excluding carboxylic acids is 1. The predicted molar refractivity (Wildman–Crippen MR) is 83.7 cm³/mol. The van der Waals surface area contributed by atoms with Crippen LogP contribution in [-0.4, -0.2) is 16.8 Å². The molecule has 1 aromatic rings. The summed E-state index contributed by atoms with van der Waals surface area (Å²) in [6, 6.07) is 0.616. The van der Waals surface area contributed by atoms with Crippen LogP contribution in [0.3, 0.4) is 0 Å². The fourth-order valence-corrected chi connectivity index (χ4v) is 4.77. The van der Waals surface area contributed by atoms with Gasteiger partial charge in [-0.3, -0.25) is 4.79 Å². The van der Waals surface area contributed by atoms with Gasteiger partial charge in [-0.05, 0) is 74.8 Å². The topological polar surface area (TPSA) is 42.0 Å². The van der Waals surface area contributed by atoms with Crippen LogP contribution < -0.4 is 5.32 Å². The molecule has 1 aromatic heterocycles. The van der Waals surface area contributed by atoms with Gasteiger partial charge in [0.2, 0.25) is 0 Å². The smallest absolute Gasteiger partial charge is 0.161 e. The van der Waals surface area contributed by atoms with E-state index in [4.69, 9.17) is 0 Å². The number of hydrogen-bond donors (Lipinski definition) is 1. The van der Waals surface area contributed by atoms with Gasteiger partial charge in [-0.25, -0.2) is 4.98 Å². The summed E-state index contributed by atoms with van der Waals surface area (Å²) >= 11 is 0. The molecule has 3 nitrogen and oxygen atoms in total. The Bertz CT molecular complexity index is 581. The summed E-state index contributed by atoms with van der Waals surface area (Å²) in [4.78, 5) is 16.4. The molecule has 0 radical (unpaired) electrons. The molecule has 1 N–H and O–H groups in total. The van der Waals surface area contributed by atoms with E-state index in [2.05, 4.69) is 10.3 Å². The standard InChI is InChI=1S/C18H24N2O/c1-11(21)16-10-19-18(15-5-3-2-4-14(15)16)20-17-9-12-6-7-13(17)8-12/h10,12-13,17H,2-9H2,1H3,(H,19,20)/t12-,13+,17+/m0/s1. The number of aromatic nitrogens is 1. The third kappa shape index (κ3) is 2.27. The fraction of sp³-hybridized carbons (Fsp3) is 0.667. The van der Waals surface area contributed by atoms with Crippen LogP contribution in [0, 0.1) is 11.8 Å². The number of ketones is 1. The molecular weight excluding hydrogens is 260 g/mol. The van der Waals surface area contributed by atoms with E-state index in [-0.39, 0.29) is 5.78 Å². The molecule has 0 unspecified atom stereocenters. The number of fused-ring (bicyclic) bond motifs is 3. The Kier molecular flexibility index (Phi) is 3.24. The molecule has 2 bridgehead atoms. The Morgan fingerprint density at radius 3 is 2.67 bits per heavy atom. The van der Waals surface area contributed by atoms with Gasteiger partial charge in [0.1, 0.15) is 5.82 Å². The molecule has 3 atom stereocenters. The van der Waals surface area contributed by atoms with Gasteiger partial charge in [0.25, 0.3) is 0 Å². The highest BCUT2D eigenvalue weighted by molar-refractivity contribution is 5.96. The van der Waals surface area contributed by atoms with Crippen molar-refractivity contribution < 1.29 is 4.79 Å². The molecule has 3 heteroatoms. The van der Waals surface area contributed by atoms with Crippen molar-refractivity contribution in [3.63, 3.8) is 0 Å². The van der Waals surface area contributed by atoms with Crippen LogP contribution in [0.15, 0.2) is 6.20 Å². The molecule has 2 fully saturated rings. The zero-order valence-corrected chi connectivity index (χ0v) is 12.8. The molecule has 3 aliphatic rings. The highest BCUT2D eigenvalue weighted by Crippen LogP contribution is 2.46. The molecule has 3 aliphatic carbocycles. The van der Waals surface area contributed by atoms with E-state index >= 15 is 0 Å². The molecule has 1 heterocycles. The van der Waals surface area contributed by atoms with Crippen LogP contribution in [0.4, 0.5) is 5.82 Å². The SMILES string of the molecule is CC(=O)c1cnc(N[C@@H]2C[C@H]3CC[C@@H]2C3)c2c1CCCC2. The van der Waals surface area contributed by atoms with Gasteiger partial charge in [-0.15, -0.1) is 0 Å². The molecule has 4 rings (SSSR count). The maximum atomic E-state index is 11.8. The maximum absolute atomic E-state index is 11.8. The van der Waals surface area contributed by atoms with Crippen LogP contribution in [-0.2, 0) is 12.8 Å². The summed E-state index contributed by atoms with van der Waals surface area (Å²) in [6.45, 7) is 1.66. The Labute approximate surface area is 126 Å². The van der Waals surface area contributed by atoms with Crippen molar-refractivity contribution in [2.75, 3.05) is 5.32 Å². The minimum Gasteiger partial charge on any atom is -0.367 e. The Hall–Kier alpha value is -1.38. The highest BCUT2D eigenvalue weighted by atomic mass is 16.1. The van der Waals surface area contributed by atoms with Crippen molar-refractivity contribution in [3.8, 4) is 0 Å². The van der Waals surface area contributed by atoms with Crippen molar-refractivity contribution in [3.05, 3.63) is 22.9 Å². The lowest BCUT2D eigenvalue weighted by Gasteiger charge is -2.27. The predicted octanol–water partition coefficient (Wildman–Crippen LogP) is 3.76. The lowest BCUT2D eigenvalue weighted by molar-refractivity contribution is 0.101. The van der Waals surface area contributed by atoms with Gasteiger partial charge in [0.15, 0.2) is 5.78 Å². The van der Waals surface area contributed by atoms with Crippen LogP contribution in [0.5, 0.6) is 0 Å². The van der Waals surface area contributed by atoms with Crippen LogP contribution >= 0.6 is 0 Å². The second-order valence-corrected chi connectivity index (χ2v) is 7.17. The van der Waals surface area contributed by atoms with E-state index in [0.29, 0.717) is 6.04 Å². The summed E-state index contributed by atoms with van der Waals surface area (Å²) in [5.41, 5.74) is 3.45. The molecule has 112 valence electrons. The Balaban J connectivity index is 1.64. The monoisotopic (exact) mass is 284 g/mol. The van der Waals surface area contributed by atoms with Gasteiger partial charge in [-0.1, -0.05) is 6.42 Å². The van der Waals surface area contributed by atoms with Crippen molar-refractivity contribution in [2.24, 2.45) is 11.8 Å². The Morgan fingerprint density at radius 2 is 2.00 bits per heavy atom. The van der Waals surface area contributed by atoms with Gasteiger partial charge >= 0.3 is 0 Å². The van der Waals surface area contributed by atoms with Crippen LogP contribution in [0.1, 0.15) is 66.9 Å². The van der Waals surface area contributed by atoms with Crippen LogP contribution in [0.2, 0.25) is 0 Å². The zero-order valence-electron chi connectivity index (χ0n) is 12.8. The minimum atomic E-state index is 0.159. The third-order valence-electron chi connectivity index (χ3n) is 5.84. The van der Waals surface area contributed by atoms with E-state index in [0.717, 1.165) is 36.1 Å². The molecule has 0 saturated heterocycles. The summed E-state index contributed by atoms with van der Waals surface area (Å²) in [7, 11) is 0. The van der Waals surface area contributed by atoms with Gasteiger partial charge in [0, 0.05) is 17.8 Å². The number of nitrogens with zero attached hydrogens (tertiary/aromatic N) is 1. The van der Waals surface area contributed by atoms with E-state index in [9.17, 15) is 4.79 Å². The molecule has 0 amide bonds. The normalized spacial score (nSPS) is 30.2. The minimum absolute atomic E-state index is 0.159. The Morgan fingerprint density at radius 1 is 1.19 bits per heavy atom. The number of anilines is 1. The molecular formula is C18H24N2O. The molecule has 2 saturated carbocycles. The van der Waals surface area contributed by atoms with E-state index in [1.54, 1.807) is 6.92 Å². The number of Topliss-reactive ketones (excluding diaryl/α,β-unsaturated/α-hetero) is 1. The fourth-order valence-electron chi connectivity index (χ4n) is 4.77. The molecule has 0 spiro atoms. The zero-order chi connectivity index (χ0) is 14.4. The molecule has 0 aromatic carbocycles. The number of rotatable bonds is 3. The van der Waals surface area contributed by atoms with E-state index in [1.165, 1.54) is 49.7 Å². The summed E-state index contributed by atoms with van der Waals surface area (Å²) in [6.07, 6.45) is 11.9. The summed E-state index contributed by atoms with van der Waals surface area (Å²) < 4.78 is 0. The first-order valence-electron chi connectivity index (χ1n) is 8.50. The average molecular weight is 284 g/mol. The van der Waals surface area contributed by atoms with Crippen LogP contribution in [0.25, 0.3) is 0 Å². The second-order valence-electron chi connectivity index (χ2n) is 7.17. The first kappa shape index (κ1) is 13.3.